The van der Waals surface area contributed by atoms with E-state index in [0.29, 0.717) is 16.9 Å². The fourth-order valence-electron chi connectivity index (χ4n) is 2.19. The van der Waals surface area contributed by atoms with E-state index in [0.717, 1.165) is 11.1 Å². The quantitative estimate of drug-likeness (QED) is 0.906. The van der Waals surface area contributed by atoms with Crippen LogP contribution in [0, 0.1) is 20.8 Å². The number of amides is 1. The third-order valence-corrected chi connectivity index (χ3v) is 3.58. The number of nitrogens with one attached hydrogen (secondary N) is 1. The van der Waals surface area contributed by atoms with Crippen molar-refractivity contribution >= 4 is 11.9 Å². The van der Waals surface area contributed by atoms with E-state index in [1.807, 2.05) is 19.9 Å². The molecule has 5 nitrogen and oxygen atoms in total. The molecule has 0 spiro atoms. The number of hydrogen-bond donors (Lipinski definition) is 2. The number of carbonyl (C=O) groups is 2. The van der Waals surface area contributed by atoms with Gasteiger partial charge >= 0.3 is 5.97 Å². The number of carbonyl (C=O) groups excluding carboxylic acids is 1. The molecule has 0 saturated heterocycles. The van der Waals surface area contributed by atoms with Crippen LogP contribution in [-0.2, 0) is 4.79 Å². The Morgan fingerprint density at radius 1 is 1.19 bits per heavy atom. The molecule has 0 radical (unpaired) electrons. The van der Waals surface area contributed by atoms with Gasteiger partial charge in [-0.25, -0.2) is 4.79 Å². The zero-order valence-electron chi connectivity index (χ0n) is 12.1. The maximum Gasteiger partial charge on any atom is 0.330 e. The molecule has 0 aliphatic heterocycles. The fraction of sp³-hybridized carbons (Fsp3) is 0.250. The second-order valence-corrected chi connectivity index (χ2v) is 4.92. The first kappa shape index (κ1) is 14.8. The summed E-state index contributed by atoms with van der Waals surface area (Å²) in [7, 11) is 0. The summed E-state index contributed by atoms with van der Waals surface area (Å²) >= 11 is 0. The lowest BCUT2D eigenvalue weighted by atomic mass is 9.97. The van der Waals surface area contributed by atoms with Crippen molar-refractivity contribution in [1.29, 1.82) is 0 Å². The summed E-state index contributed by atoms with van der Waals surface area (Å²) in [6.45, 7) is 5.40. The standard InChI is InChI=1S/C16H17NO4/c1-9-5-4-6-12(10(9)2)14(16(19)20)17-15(18)13-7-8-21-11(13)3/h4-8,14H,1-3H3,(H,17,18)(H,19,20). The summed E-state index contributed by atoms with van der Waals surface area (Å²) < 4.78 is 5.07. The number of aliphatic carboxylic acids is 1. The van der Waals surface area contributed by atoms with Gasteiger partial charge in [0.15, 0.2) is 6.04 Å². The molecule has 5 heteroatoms. The fourth-order valence-corrected chi connectivity index (χ4v) is 2.19. The van der Waals surface area contributed by atoms with Crippen LogP contribution in [0.3, 0.4) is 0 Å². The van der Waals surface area contributed by atoms with Crippen LogP contribution in [0.1, 0.15) is 38.9 Å². The van der Waals surface area contributed by atoms with Gasteiger partial charge in [-0.1, -0.05) is 18.2 Å². The van der Waals surface area contributed by atoms with Gasteiger partial charge in [0.2, 0.25) is 0 Å². The van der Waals surface area contributed by atoms with Crippen molar-refractivity contribution in [3.63, 3.8) is 0 Å². The summed E-state index contributed by atoms with van der Waals surface area (Å²) in [5.74, 6) is -1.11. The van der Waals surface area contributed by atoms with E-state index in [4.69, 9.17) is 4.42 Å². The van der Waals surface area contributed by atoms with Gasteiger partial charge in [0, 0.05) is 0 Å². The monoisotopic (exact) mass is 287 g/mol. The van der Waals surface area contributed by atoms with Crippen LogP contribution < -0.4 is 5.32 Å². The highest BCUT2D eigenvalue weighted by Gasteiger charge is 2.25. The molecular formula is C16H17NO4. The molecule has 0 saturated carbocycles. The molecule has 1 aromatic carbocycles. The molecule has 2 rings (SSSR count). The first-order valence-electron chi connectivity index (χ1n) is 6.55. The number of carboxylic acids is 1. The van der Waals surface area contributed by atoms with E-state index in [2.05, 4.69) is 5.32 Å². The van der Waals surface area contributed by atoms with E-state index in [1.54, 1.807) is 19.1 Å². The molecule has 0 aliphatic carbocycles. The Labute approximate surface area is 122 Å². The van der Waals surface area contributed by atoms with Crippen molar-refractivity contribution in [1.82, 2.24) is 5.32 Å². The molecule has 1 aromatic heterocycles. The smallest absolute Gasteiger partial charge is 0.330 e. The van der Waals surface area contributed by atoms with Crippen molar-refractivity contribution < 1.29 is 19.1 Å². The third-order valence-electron chi connectivity index (χ3n) is 3.58. The Morgan fingerprint density at radius 2 is 1.90 bits per heavy atom. The minimum absolute atomic E-state index is 0.339. The van der Waals surface area contributed by atoms with Crippen LogP contribution in [0.5, 0.6) is 0 Å². The van der Waals surface area contributed by atoms with Crippen molar-refractivity contribution in [3.8, 4) is 0 Å². The number of rotatable bonds is 4. The second kappa shape index (κ2) is 5.83. The van der Waals surface area contributed by atoms with Gasteiger partial charge < -0.3 is 14.8 Å². The molecule has 110 valence electrons. The molecule has 1 heterocycles. The number of carboxylic acid groups (broad SMARTS) is 1. The molecule has 2 aromatic rings. The van der Waals surface area contributed by atoms with Crippen LogP contribution in [-0.4, -0.2) is 17.0 Å². The van der Waals surface area contributed by atoms with E-state index >= 15 is 0 Å². The molecule has 1 unspecified atom stereocenters. The molecule has 2 N–H and O–H groups in total. The number of hydrogen-bond acceptors (Lipinski definition) is 3. The van der Waals surface area contributed by atoms with Crippen LogP contribution in [0.15, 0.2) is 34.9 Å². The predicted octanol–water partition coefficient (Wildman–Crippen LogP) is 2.76. The Hall–Kier alpha value is -2.56. The largest absolute Gasteiger partial charge is 0.479 e. The highest BCUT2D eigenvalue weighted by atomic mass is 16.4. The minimum Gasteiger partial charge on any atom is -0.479 e. The zero-order valence-corrected chi connectivity index (χ0v) is 12.1. The normalized spacial score (nSPS) is 12.0. The molecule has 21 heavy (non-hydrogen) atoms. The van der Waals surface area contributed by atoms with Gasteiger partial charge in [0.25, 0.3) is 5.91 Å². The Balaban J connectivity index is 2.33. The van der Waals surface area contributed by atoms with E-state index < -0.39 is 17.9 Å². The van der Waals surface area contributed by atoms with Gasteiger partial charge in [0.1, 0.15) is 5.76 Å². The minimum atomic E-state index is -1.10. The molecule has 0 fully saturated rings. The Morgan fingerprint density at radius 3 is 2.48 bits per heavy atom. The SMILES string of the molecule is Cc1cccc(C(NC(=O)c2ccoc2C)C(=O)O)c1C. The molecule has 0 aliphatic rings. The summed E-state index contributed by atoms with van der Waals surface area (Å²) in [5.41, 5.74) is 2.75. The first-order chi connectivity index (χ1) is 9.91. The van der Waals surface area contributed by atoms with Gasteiger partial charge in [-0.05, 0) is 43.5 Å². The second-order valence-electron chi connectivity index (χ2n) is 4.92. The maximum atomic E-state index is 12.2. The van der Waals surface area contributed by atoms with E-state index in [9.17, 15) is 14.7 Å². The highest BCUT2D eigenvalue weighted by molar-refractivity contribution is 5.97. The van der Waals surface area contributed by atoms with Crippen LogP contribution in [0.2, 0.25) is 0 Å². The molecule has 1 amide bonds. The number of benzene rings is 1. The van der Waals surface area contributed by atoms with E-state index in [-0.39, 0.29) is 0 Å². The highest BCUT2D eigenvalue weighted by Crippen LogP contribution is 2.21. The first-order valence-corrected chi connectivity index (χ1v) is 6.55. The van der Waals surface area contributed by atoms with Crippen LogP contribution in [0.25, 0.3) is 0 Å². The maximum absolute atomic E-state index is 12.2. The third kappa shape index (κ3) is 2.97. The van der Waals surface area contributed by atoms with Crippen molar-refractivity contribution in [2.75, 3.05) is 0 Å². The molecule has 0 bridgehead atoms. The molecular weight excluding hydrogens is 270 g/mol. The van der Waals surface area contributed by atoms with Crippen molar-refractivity contribution in [3.05, 3.63) is 58.5 Å². The predicted molar refractivity (Wildman–Crippen MR) is 77.2 cm³/mol. The van der Waals surface area contributed by atoms with Crippen molar-refractivity contribution in [2.45, 2.75) is 26.8 Å². The lowest BCUT2D eigenvalue weighted by Gasteiger charge is -2.18. The average Bonchev–Trinajstić information content (AvgIpc) is 2.85. The van der Waals surface area contributed by atoms with Gasteiger partial charge in [-0.3, -0.25) is 4.79 Å². The topological polar surface area (TPSA) is 79.5 Å². The number of furan rings is 1. The van der Waals surface area contributed by atoms with Gasteiger partial charge in [0.05, 0.1) is 11.8 Å². The Bertz CT molecular complexity index is 687. The van der Waals surface area contributed by atoms with Crippen LogP contribution >= 0.6 is 0 Å². The van der Waals surface area contributed by atoms with E-state index in [1.165, 1.54) is 12.3 Å². The zero-order chi connectivity index (χ0) is 15.6. The Kier molecular flexibility index (Phi) is 4.12. The lowest BCUT2D eigenvalue weighted by molar-refractivity contribution is -0.139. The summed E-state index contributed by atoms with van der Waals surface area (Å²) in [4.78, 5) is 23.7. The van der Waals surface area contributed by atoms with Crippen molar-refractivity contribution in [2.24, 2.45) is 0 Å². The summed E-state index contributed by atoms with van der Waals surface area (Å²) in [6, 6.07) is 5.82. The van der Waals surface area contributed by atoms with Crippen LogP contribution in [0.4, 0.5) is 0 Å². The number of aryl methyl sites for hydroxylation is 2. The van der Waals surface area contributed by atoms with Gasteiger partial charge in [-0.15, -0.1) is 0 Å². The average molecular weight is 287 g/mol. The summed E-state index contributed by atoms with van der Waals surface area (Å²) in [6.07, 6.45) is 1.40. The summed E-state index contributed by atoms with van der Waals surface area (Å²) in [5, 5.41) is 12.0. The van der Waals surface area contributed by atoms with Gasteiger partial charge in [-0.2, -0.15) is 0 Å². The molecule has 1 atom stereocenters. The lowest BCUT2D eigenvalue weighted by Crippen LogP contribution is -2.34.